The van der Waals surface area contributed by atoms with Crippen molar-refractivity contribution >= 4 is 22.2 Å². The average Bonchev–Trinajstić information content (AvgIpc) is 3.47. The second kappa shape index (κ2) is 9.55. The molecule has 0 atom stereocenters. The fraction of sp³-hybridized carbons (Fsp3) is 0.478. The maximum Gasteiger partial charge on any atom is 0.225 e. The van der Waals surface area contributed by atoms with Crippen molar-refractivity contribution in [3.8, 4) is 11.3 Å². The van der Waals surface area contributed by atoms with E-state index in [0.717, 1.165) is 54.3 Å². The zero-order valence-corrected chi connectivity index (χ0v) is 18.0. The van der Waals surface area contributed by atoms with Crippen molar-refractivity contribution in [2.24, 2.45) is 0 Å². The summed E-state index contributed by atoms with van der Waals surface area (Å²) in [6, 6.07) is 8.56. The molecule has 1 fully saturated rings. The molecule has 0 bridgehead atoms. The van der Waals surface area contributed by atoms with Crippen molar-refractivity contribution in [1.29, 1.82) is 0 Å². The molecule has 1 aliphatic heterocycles. The second-order valence-electron chi connectivity index (χ2n) is 7.84. The molecular formula is C23H30N4OS. The van der Waals surface area contributed by atoms with Gasteiger partial charge in [-0.3, -0.25) is 9.20 Å². The maximum absolute atomic E-state index is 12.4. The first-order valence-electron chi connectivity index (χ1n) is 10.8. The number of carbonyl (C=O) groups excluding carboxylic acids is 1. The second-order valence-corrected chi connectivity index (χ2v) is 8.68. The summed E-state index contributed by atoms with van der Waals surface area (Å²) in [7, 11) is 0. The molecule has 0 spiro atoms. The number of unbranched alkanes of at least 4 members (excludes halogenated alkanes) is 1. The number of aromatic nitrogens is 2. The molecular weight excluding hydrogens is 380 g/mol. The molecule has 154 valence electrons. The van der Waals surface area contributed by atoms with Gasteiger partial charge in [-0.2, -0.15) is 0 Å². The molecule has 1 aromatic carbocycles. The number of hydrogen-bond donors (Lipinski definition) is 1. The van der Waals surface area contributed by atoms with Crippen LogP contribution in [0, 0.1) is 0 Å². The number of amides is 1. The number of hydrogen-bond acceptors (Lipinski definition) is 4. The van der Waals surface area contributed by atoms with E-state index in [9.17, 15) is 4.79 Å². The fourth-order valence-corrected chi connectivity index (χ4v) is 4.80. The number of carbonyl (C=O) groups is 1. The van der Waals surface area contributed by atoms with E-state index in [1.807, 2.05) is 11.6 Å². The van der Waals surface area contributed by atoms with Crippen LogP contribution < -0.4 is 5.32 Å². The van der Waals surface area contributed by atoms with Gasteiger partial charge in [-0.1, -0.05) is 31.2 Å². The van der Waals surface area contributed by atoms with Gasteiger partial charge in [-0.05, 0) is 57.3 Å². The Labute approximate surface area is 176 Å². The first-order chi connectivity index (χ1) is 14.2. The molecule has 0 unspecified atom stereocenters. The number of rotatable bonds is 9. The fourth-order valence-electron chi connectivity index (χ4n) is 3.93. The summed E-state index contributed by atoms with van der Waals surface area (Å²) in [6.07, 6.45) is 8.37. The van der Waals surface area contributed by atoms with Crippen molar-refractivity contribution in [1.82, 2.24) is 19.6 Å². The lowest BCUT2D eigenvalue weighted by molar-refractivity contribution is -0.120. The quantitative estimate of drug-likeness (QED) is 0.539. The summed E-state index contributed by atoms with van der Waals surface area (Å²) in [4.78, 5) is 20.6. The summed E-state index contributed by atoms with van der Waals surface area (Å²) >= 11 is 1.59. The van der Waals surface area contributed by atoms with E-state index < -0.39 is 0 Å². The van der Waals surface area contributed by atoms with E-state index in [1.165, 1.54) is 31.5 Å². The van der Waals surface area contributed by atoms with Crippen LogP contribution in [0.2, 0.25) is 0 Å². The Kier molecular flexibility index (Phi) is 6.62. The van der Waals surface area contributed by atoms with Crippen LogP contribution in [0.4, 0.5) is 0 Å². The van der Waals surface area contributed by atoms with Crippen molar-refractivity contribution in [3.05, 3.63) is 47.1 Å². The molecule has 0 saturated carbocycles. The minimum atomic E-state index is 0.0911. The molecule has 4 rings (SSSR count). The summed E-state index contributed by atoms with van der Waals surface area (Å²) in [5.41, 5.74) is 4.41. The molecule has 2 aromatic heterocycles. The third kappa shape index (κ3) is 5.06. The summed E-state index contributed by atoms with van der Waals surface area (Å²) in [5, 5.41) is 5.12. The number of nitrogens with zero attached hydrogens (tertiary/aromatic N) is 3. The molecule has 1 saturated heterocycles. The van der Waals surface area contributed by atoms with Gasteiger partial charge in [0.05, 0.1) is 12.1 Å². The van der Waals surface area contributed by atoms with Crippen molar-refractivity contribution < 1.29 is 4.79 Å². The Bertz CT molecular complexity index is 938. The molecule has 0 aliphatic carbocycles. The zero-order valence-electron chi connectivity index (χ0n) is 17.2. The van der Waals surface area contributed by atoms with Crippen LogP contribution in [0.5, 0.6) is 0 Å². The van der Waals surface area contributed by atoms with E-state index in [1.54, 1.807) is 11.3 Å². The van der Waals surface area contributed by atoms with Gasteiger partial charge in [0.2, 0.25) is 5.91 Å². The predicted octanol–water partition coefficient (Wildman–Crippen LogP) is 4.16. The molecule has 1 N–H and O–H groups in total. The summed E-state index contributed by atoms with van der Waals surface area (Å²) < 4.78 is 2.06. The highest BCUT2D eigenvalue weighted by Gasteiger charge is 2.13. The van der Waals surface area contributed by atoms with Gasteiger partial charge in [-0.25, -0.2) is 4.98 Å². The highest BCUT2D eigenvalue weighted by atomic mass is 32.1. The average molecular weight is 411 g/mol. The van der Waals surface area contributed by atoms with Gasteiger partial charge in [0.15, 0.2) is 4.96 Å². The number of thiazole rings is 1. The Balaban J connectivity index is 1.29. The van der Waals surface area contributed by atoms with Gasteiger partial charge in [0, 0.05) is 29.4 Å². The van der Waals surface area contributed by atoms with E-state index in [0.29, 0.717) is 6.42 Å². The SMILES string of the molecule is CCc1ccc(-c2cn3c(CC(=O)NCCCCN4CCCC4)csc3n2)cc1. The summed E-state index contributed by atoms with van der Waals surface area (Å²) in [5.74, 6) is 0.0911. The van der Waals surface area contributed by atoms with Crippen LogP contribution in [0.25, 0.3) is 16.2 Å². The largest absolute Gasteiger partial charge is 0.356 e. The van der Waals surface area contributed by atoms with Gasteiger partial charge < -0.3 is 10.2 Å². The molecule has 29 heavy (non-hydrogen) atoms. The Morgan fingerprint density at radius 2 is 1.97 bits per heavy atom. The zero-order chi connectivity index (χ0) is 20.1. The van der Waals surface area contributed by atoms with Crippen LogP contribution in [-0.2, 0) is 17.6 Å². The lowest BCUT2D eigenvalue weighted by atomic mass is 10.1. The smallest absolute Gasteiger partial charge is 0.225 e. The lowest BCUT2D eigenvalue weighted by Gasteiger charge is -2.13. The van der Waals surface area contributed by atoms with Crippen LogP contribution >= 0.6 is 11.3 Å². The first-order valence-corrected chi connectivity index (χ1v) is 11.6. The molecule has 5 nitrogen and oxygen atoms in total. The maximum atomic E-state index is 12.4. The Hall–Kier alpha value is -2.18. The number of likely N-dealkylation sites (tertiary alicyclic amines) is 1. The highest BCUT2D eigenvalue weighted by Crippen LogP contribution is 2.24. The van der Waals surface area contributed by atoms with E-state index in [2.05, 4.69) is 45.8 Å². The highest BCUT2D eigenvalue weighted by molar-refractivity contribution is 7.15. The third-order valence-corrected chi connectivity index (χ3v) is 6.59. The van der Waals surface area contributed by atoms with Gasteiger partial charge in [0.25, 0.3) is 0 Å². The molecule has 3 aromatic rings. The predicted molar refractivity (Wildman–Crippen MR) is 120 cm³/mol. The van der Waals surface area contributed by atoms with Gasteiger partial charge in [0.1, 0.15) is 0 Å². The van der Waals surface area contributed by atoms with Crippen molar-refractivity contribution in [3.63, 3.8) is 0 Å². The molecule has 6 heteroatoms. The first kappa shape index (κ1) is 20.1. The van der Waals surface area contributed by atoms with Gasteiger partial charge >= 0.3 is 0 Å². The number of nitrogens with one attached hydrogen (secondary N) is 1. The number of fused-ring (bicyclic) bond motifs is 1. The van der Waals surface area contributed by atoms with Crippen molar-refractivity contribution in [2.45, 2.75) is 45.4 Å². The molecule has 1 aliphatic rings. The summed E-state index contributed by atoms with van der Waals surface area (Å²) in [6.45, 7) is 6.58. The Morgan fingerprint density at radius 3 is 2.72 bits per heavy atom. The van der Waals surface area contributed by atoms with E-state index in [-0.39, 0.29) is 5.91 Å². The van der Waals surface area contributed by atoms with E-state index >= 15 is 0 Å². The standard InChI is InChI=1S/C23H30N4OS/c1-2-18-7-9-19(10-8-18)21-16-27-20(17-29-23(27)25-21)15-22(28)24-11-3-4-12-26-13-5-6-14-26/h7-10,16-17H,2-6,11-15H2,1H3,(H,24,28). The molecule has 0 radical (unpaired) electrons. The van der Waals surface area contributed by atoms with Crippen LogP contribution in [0.15, 0.2) is 35.8 Å². The number of aryl methyl sites for hydroxylation is 1. The third-order valence-electron chi connectivity index (χ3n) is 5.70. The van der Waals surface area contributed by atoms with Crippen molar-refractivity contribution in [2.75, 3.05) is 26.2 Å². The van der Waals surface area contributed by atoms with Crippen LogP contribution in [-0.4, -0.2) is 46.4 Å². The van der Waals surface area contributed by atoms with E-state index in [4.69, 9.17) is 4.98 Å². The molecule has 1 amide bonds. The minimum absolute atomic E-state index is 0.0911. The Morgan fingerprint density at radius 1 is 1.17 bits per heavy atom. The molecule has 3 heterocycles. The monoisotopic (exact) mass is 410 g/mol. The lowest BCUT2D eigenvalue weighted by Crippen LogP contribution is -2.27. The topological polar surface area (TPSA) is 49.6 Å². The van der Waals surface area contributed by atoms with Crippen LogP contribution in [0.3, 0.4) is 0 Å². The minimum Gasteiger partial charge on any atom is -0.356 e. The van der Waals surface area contributed by atoms with Crippen LogP contribution in [0.1, 0.15) is 43.9 Å². The number of benzene rings is 1. The van der Waals surface area contributed by atoms with Gasteiger partial charge in [-0.15, -0.1) is 11.3 Å². The number of imidazole rings is 1. The normalized spacial score (nSPS) is 14.7.